The van der Waals surface area contributed by atoms with Gasteiger partial charge in [0.15, 0.2) is 0 Å². The standard InChI is InChI=1S/C64H75N3S3/c1-4-7-10-13-16-23-42-65-53-26-19-21-28-59(53)68-61-45-49(34-38-55(61)65)30-32-51-36-40-57-63(47-51)70-64-48-52(37-41-58(64)67(57)44-25-18-15-12-9-6-3)33-31-50-35-39-56-62(46-50)69-60-29-22-20-27-54(60)66(56)43-24-17-14-11-8-5-2/h19-22,26-41,45-48H,4-18,23-25,42-44H2,1-3H3/b32-30+,33-31+. The summed E-state index contributed by atoms with van der Waals surface area (Å²) in [6.07, 6.45) is 32.7. The lowest BCUT2D eigenvalue weighted by atomic mass is 10.1. The highest BCUT2D eigenvalue weighted by Crippen LogP contribution is 2.52. The molecule has 6 aromatic rings. The Morgan fingerprint density at radius 3 is 0.857 bits per heavy atom. The fraction of sp³-hybridized carbons (Fsp3) is 0.375. The molecule has 3 aliphatic rings. The number of para-hydroxylation sites is 2. The number of anilines is 6. The summed E-state index contributed by atoms with van der Waals surface area (Å²) >= 11 is 5.76. The average molecular weight is 983 g/mol. The lowest BCUT2D eigenvalue weighted by molar-refractivity contribution is 0.608. The van der Waals surface area contributed by atoms with Crippen LogP contribution in [0.2, 0.25) is 0 Å². The minimum atomic E-state index is 1.04. The maximum atomic E-state index is 2.60. The van der Waals surface area contributed by atoms with E-state index in [9.17, 15) is 0 Å². The van der Waals surface area contributed by atoms with E-state index < -0.39 is 0 Å². The van der Waals surface area contributed by atoms with E-state index in [0.717, 1.165) is 19.6 Å². The normalized spacial score (nSPS) is 13.6. The van der Waals surface area contributed by atoms with Gasteiger partial charge in [-0.1, -0.05) is 225 Å². The van der Waals surface area contributed by atoms with E-state index in [1.807, 2.05) is 35.3 Å². The van der Waals surface area contributed by atoms with Crippen molar-refractivity contribution in [1.82, 2.24) is 0 Å². The number of rotatable bonds is 25. The van der Waals surface area contributed by atoms with Crippen molar-refractivity contribution in [1.29, 1.82) is 0 Å². The van der Waals surface area contributed by atoms with Crippen LogP contribution in [0.25, 0.3) is 24.3 Å². The lowest BCUT2D eigenvalue weighted by Gasteiger charge is -2.33. The third-order valence-corrected chi connectivity index (χ3v) is 17.5. The third kappa shape index (κ3) is 12.6. The lowest BCUT2D eigenvalue weighted by Crippen LogP contribution is -2.22. The van der Waals surface area contributed by atoms with Crippen molar-refractivity contribution in [2.75, 3.05) is 34.3 Å². The maximum absolute atomic E-state index is 2.60. The smallest absolute Gasteiger partial charge is 0.0553 e. The highest BCUT2D eigenvalue weighted by Gasteiger charge is 2.26. The second-order valence-electron chi connectivity index (χ2n) is 19.6. The Morgan fingerprint density at radius 1 is 0.286 bits per heavy atom. The zero-order chi connectivity index (χ0) is 47.9. The highest BCUT2D eigenvalue weighted by atomic mass is 32.2. The number of nitrogens with zero attached hydrogens (tertiary/aromatic N) is 3. The first-order valence-electron chi connectivity index (χ1n) is 27.1. The molecule has 0 fully saturated rings. The number of hydrogen-bond donors (Lipinski definition) is 0. The predicted octanol–water partition coefficient (Wildman–Crippen LogP) is 20.9. The van der Waals surface area contributed by atoms with Crippen molar-refractivity contribution in [3.8, 4) is 0 Å². The van der Waals surface area contributed by atoms with Crippen LogP contribution in [0.15, 0.2) is 151 Å². The summed E-state index contributed by atoms with van der Waals surface area (Å²) in [5, 5.41) is 0. The molecule has 3 aliphatic heterocycles. The monoisotopic (exact) mass is 982 g/mol. The third-order valence-electron chi connectivity index (χ3n) is 14.2. The molecule has 9 rings (SSSR count). The average Bonchev–Trinajstić information content (AvgIpc) is 3.39. The van der Waals surface area contributed by atoms with Crippen molar-refractivity contribution in [2.45, 2.75) is 166 Å². The molecule has 0 amide bonds. The quantitative estimate of drug-likeness (QED) is 0.0415. The summed E-state index contributed by atoms with van der Waals surface area (Å²) < 4.78 is 0. The molecule has 0 aliphatic carbocycles. The second kappa shape index (κ2) is 25.6. The molecule has 0 saturated heterocycles. The van der Waals surface area contributed by atoms with Gasteiger partial charge < -0.3 is 14.7 Å². The molecule has 0 saturated carbocycles. The van der Waals surface area contributed by atoms with Crippen molar-refractivity contribution < 1.29 is 0 Å². The summed E-state index contributed by atoms with van der Waals surface area (Å²) in [5.41, 5.74) is 13.0. The zero-order valence-corrected chi connectivity index (χ0v) is 44.7. The van der Waals surface area contributed by atoms with Crippen LogP contribution in [-0.4, -0.2) is 19.6 Å². The Kier molecular flexibility index (Phi) is 18.3. The Labute approximate surface area is 434 Å². The molecular formula is C64H75N3S3. The van der Waals surface area contributed by atoms with Gasteiger partial charge in [0.05, 0.1) is 34.1 Å². The van der Waals surface area contributed by atoms with Gasteiger partial charge in [-0.15, -0.1) is 0 Å². The Balaban J connectivity index is 0.917. The fourth-order valence-electron chi connectivity index (χ4n) is 10.3. The predicted molar refractivity (Wildman–Crippen MR) is 310 cm³/mol. The van der Waals surface area contributed by atoms with E-state index in [2.05, 4.69) is 181 Å². The number of benzene rings is 6. The molecule has 3 nitrogen and oxygen atoms in total. The van der Waals surface area contributed by atoms with E-state index in [0.29, 0.717) is 0 Å². The van der Waals surface area contributed by atoms with E-state index in [-0.39, 0.29) is 0 Å². The zero-order valence-electron chi connectivity index (χ0n) is 42.3. The first-order chi connectivity index (χ1) is 34.6. The molecule has 0 spiro atoms. The van der Waals surface area contributed by atoms with Crippen LogP contribution in [0.5, 0.6) is 0 Å². The highest BCUT2D eigenvalue weighted by molar-refractivity contribution is 8.00. The van der Waals surface area contributed by atoms with Crippen LogP contribution >= 0.6 is 35.3 Å². The van der Waals surface area contributed by atoms with Gasteiger partial charge in [0.2, 0.25) is 0 Å². The van der Waals surface area contributed by atoms with Crippen molar-refractivity contribution in [2.24, 2.45) is 0 Å². The molecule has 6 aromatic carbocycles. The molecule has 0 atom stereocenters. The van der Waals surface area contributed by atoms with E-state index in [1.165, 1.54) is 201 Å². The summed E-state index contributed by atoms with van der Waals surface area (Å²) in [6, 6.07) is 46.3. The molecule has 3 heterocycles. The SMILES string of the molecule is CCCCCCCCN1c2ccccc2Sc2cc(/C=C/c3ccc4c(c3)Sc3cc(/C=C/c5ccc6c(c5)Sc5ccccc5N6CCCCCCCC)ccc3N4CCCCCCCC)ccc21. The number of hydrogen-bond acceptors (Lipinski definition) is 6. The number of unbranched alkanes of at least 4 members (excludes halogenated alkanes) is 15. The Morgan fingerprint density at radius 2 is 0.543 bits per heavy atom. The van der Waals surface area contributed by atoms with Gasteiger partial charge >= 0.3 is 0 Å². The van der Waals surface area contributed by atoms with Gasteiger partial charge in [0, 0.05) is 49.0 Å². The minimum absolute atomic E-state index is 1.04. The summed E-state index contributed by atoms with van der Waals surface area (Å²) in [6.45, 7) is 10.1. The molecule has 0 N–H and O–H groups in total. The summed E-state index contributed by atoms with van der Waals surface area (Å²) in [5.74, 6) is 0. The van der Waals surface area contributed by atoms with Gasteiger partial charge in [-0.3, -0.25) is 0 Å². The van der Waals surface area contributed by atoms with E-state index >= 15 is 0 Å². The van der Waals surface area contributed by atoms with Crippen LogP contribution in [0.4, 0.5) is 34.1 Å². The van der Waals surface area contributed by atoms with Gasteiger partial charge in [0.1, 0.15) is 0 Å². The van der Waals surface area contributed by atoms with Crippen LogP contribution in [0.3, 0.4) is 0 Å². The molecule has 0 aromatic heterocycles. The largest absolute Gasteiger partial charge is 0.340 e. The molecular weight excluding hydrogens is 907 g/mol. The van der Waals surface area contributed by atoms with Crippen molar-refractivity contribution in [3.63, 3.8) is 0 Å². The summed E-state index contributed by atoms with van der Waals surface area (Å²) in [7, 11) is 0. The van der Waals surface area contributed by atoms with Gasteiger partial charge in [0.25, 0.3) is 0 Å². The first-order valence-corrected chi connectivity index (χ1v) is 29.5. The van der Waals surface area contributed by atoms with Crippen molar-refractivity contribution in [3.05, 3.63) is 144 Å². The second-order valence-corrected chi connectivity index (χ2v) is 22.8. The van der Waals surface area contributed by atoms with Crippen LogP contribution in [-0.2, 0) is 0 Å². The number of fused-ring (bicyclic) bond motifs is 6. The first kappa shape index (κ1) is 50.2. The van der Waals surface area contributed by atoms with Crippen LogP contribution < -0.4 is 14.7 Å². The van der Waals surface area contributed by atoms with E-state index in [4.69, 9.17) is 0 Å². The van der Waals surface area contributed by atoms with Gasteiger partial charge in [-0.2, -0.15) is 0 Å². The van der Waals surface area contributed by atoms with Gasteiger partial charge in [-0.05, 0) is 114 Å². The minimum Gasteiger partial charge on any atom is -0.340 e. The van der Waals surface area contributed by atoms with Crippen LogP contribution in [0, 0.1) is 0 Å². The Hall–Kier alpha value is -4.75. The van der Waals surface area contributed by atoms with Crippen LogP contribution in [0.1, 0.15) is 159 Å². The summed E-state index contributed by atoms with van der Waals surface area (Å²) in [4.78, 5) is 15.8. The topological polar surface area (TPSA) is 9.72 Å². The van der Waals surface area contributed by atoms with E-state index in [1.54, 1.807) is 0 Å². The Bertz CT molecular complexity index is 2540. The molecule has 0 bridgehead atoms. The molecule has 364 valence electrons. The van der Waals surface area contributed by atoms with Gasteiger partial charge in [-0.25, -0.2) is 0 Å². The molecule has 0 unspecified atom stereocenters. The maximum Gasteiger partial charge on any atom is 0.0553 e. The van der Waals surface area contributed by atoms with Crippen molar-refractivity contribution >= 4 is 93.7 Å². The fourth-order valence-corrected chi connectivity index (χ4v) is 13.8. The molecule has 6 heteroatoms. The molecule has 70 heavy (non-hydrogen) atoms. The molecule has 0 radical (unpaired) electrons.